The standard InChI is InChI=1S/C11H17BrN2OS/c1-13-4-6-14(7-5-13)9(8-15)10-2-3-11(12)16-10/h2-3,9,15H,4-8H2,1H3. The van der Waals surface area contributed by atoms with E-state index in [2.05, 4.69) is 44.9 Å². The lowest BCUT2D eigenvalue weighted by Gasteiger charge is -2.36. The summed E-state index contributed by atoms with van der Waals surface area (Å²) in [4.78, 5) is 5.95. The van der Waals surface area contributed by atoms with E-state index in [9.17, 15) is 5.11 Å². The fraction of sp³-hybridized carbons (Fsp3) is 0.636. The van der Waals surface area contributed by atoms with Crippen LogP contribution in [0.4, 0.5) is 0 Å². The minimum Gasteiger partial charge on any atom is -0.394 e. The first-order valence-electron chi connectivity index (χ1n) is 5.49. The van der Waals surface area contributed by atoms with Gasteiger partial charge in [0.05, 0.1) is 16.4 Å². The summed E-state index contributed by atoms with van der Waals surface area (Å²) in [7, 11) is 2.15. The molecule has 1 atom stereocenters. The van der Waals surface area contributed by atoms with Gasteiger partial charge in [0.2, 0.25) is 0 Å². The Morgan fingerprint density at radius 3 is 2.56 bits per heavy atom. The second kappa shape index (κ2) is 5.60. The summed E-state index contributed by atoms with van der Waals surface area (Å²) < 4.78 is 1.13. The van der Waals surface area contributed by atoms with Gasteiger partial charge in [0, 0.05) is 31.1 Å². The Labute approximate surface area is 109 Å². The zero-order valence-corrected chi connectivity index (χ0v) is 11.8. The van der Waals surface area contributed by atoms with Crippen LogP contribution in [0.2, 0.25) is 0 Å². The molecule has 16 heavy (non-hydrogen) atoms. The third kappa shape index (κ3) is 2.84. The first kappa shape index (κ1) is 12.5. The van der Waals surface area contributed by atoms with E-state index in [1.54, 1.807) is 11.3 Å². The maximum atomic E-state index is 9.54. The van der Waals surface area contributed by atoms with Gasteiger partial charge in [0.25, 0.3) is 0 Å². The zero-order chi connectivity index (χ0) is 11.5. The van der Waals surface area contributed by atoms with E-state index >= 15 is 0 Å². The van der Waals surface area contributed by atoms with Crippen molar-refractivity contribution in [3.05, 3.63) is 20.8 Å². The van der Waals surface area contributed by atoms with Crippen molar-refractivity contribution in [1.82, 2.24) is 9.80 Å². The van der Waals surface area contributed by atoms with Crippen LogP contribution in [-0.4, -0.2) is 54.7 Å². The molecule has 1 aliphatic rings. The molecule has 1 fully saturated rings. The van der Waals surface area contributed by atoms with E-state index in [1.165, 1.54) is 4.88 Å². The molecule has 5 heteroatoms. The first-order chi connectivity index (χ1) is 7.70. The van der Waals surface area contributed by atoms with E-state index in [-0.39, 0.29) is 12.6 Å². The Balaban J connectivity index is 2.05. The normalized spacial score (nSPS) is 21.2. The summed E-state index contributed by atoms with van der Waals surface area (Å²) in [6.07, 6.45) is 0. The van der Waals surface area contributed by atoms with Gasteiger partial charge in [-0.25, -0.2) is 0 Å². The van der Waals surface area contributed by atoms with E-state index < -0.39 is 0 Å². The quantitative estimate of drug-likeness (QED) is 0.922. The SMILES string of the molecule is CN1CCN(C(CO)c2ccc(Br)s2)CC1. The molecular formula is C11H17BrN2OS. The monoisotopic (exact) mass is 304 g/mol. The Hall–Kier alpha value is 0.0600. The molecule has 1 aromatic heterocycles. The van der Waals surface area contributed by atoms with Crippen molar-refractivity contribution in [2.45, 2.75) is 6.04 Å². The smallest absolute Gasteiger partial charge is 0.0702 e. The van der Waals surface area contributed by atoms with Crippen LogP contribution in [-0.2, 0) is 0 Å². The van der Waals surface area contributed by atoms with Gasteiger partial charge in [-0.2, -0.15) is 0 Å². The average Bonchev–Trinajstić information content (AvgIpc) is 2.69. The molecule has 0 aliphatic carbocycles. The van der Waals surface area contributed by atoms with Crippen molar-refractivity contribution in [2.24, 2.45) is 0 Å². The van der Waals surface area contributed by atoms with Crippen molar-refractivity contribution in [1.29, 1.82) is 0 Å². The molecule has 1 aliphatic heterocycles. The third-order valence-electron chi connectivity index (χ3n) is 3.07. The predicted octanol–water partition coefficient (Wildman–Crippen LogP) is 1.79. The van der Waals surface area contributed by atoms with E-state index in [0.29, 0.717) is 0 Å². The molecule has 1 aromatic rings. The van der Waals surface area contributed by atoms with Crippen LogP contribution in [0.15, 0.2) is 15.9 Å². The van der Waals surface area contributed by atoms with Gasteiger partial charge in [-0.15, -0.1) is 11.3 Å². The lowest BCUT2D eigenvalue weighted by Crippen LogP contribution is -2.46. The number of hydrogen-bond acceptors (Lipinski definition) is 4. The molecule has 3 nitrogen and oxygen atoms in total. The van der Waals surface area contributed by atoms with E-state index in [0.717, 1.165) is 30.0 Å². The highest BCUT2D eigenvalue weighted by molar-refractivity contribution is 9.11. The average molecular weight is 305 g/mol. The van der Waals surface area contributed by atoms with Crippen molar-refractivity contribution in [3.8, 4) is 0 Å². The summed E-state index contributed by atoms with van der Waals surface area (Å²) in [6, 6.07) is 4.33. The molecule has 90 valence electrons. The molecule has 0 saturated carbocycles. The van der Waals surface area contributed by atoms with E-state index in [1.807, 2.05) is 0 Å². The van der Waals surface area contributed by atoms with Crippen molar-refractivity contribution < 1.29 is 5.11 Å². The number of aliphatic hydroxyl groups excluding tert-OH is 1. The second-order valence-electron chi connectivity index (χ2n) is 4.18. The summed E-state index contributed by atoms with van der Waals surface area (Å²) in [5.74, 6) is 0. The van der Waals surface area contributed by atoms with Crippen LogP contribution in [0.1, 0.15) is 10.9 Å². The van der Waals surface area contributed by atoms with Crippen molar-refractivity contribution >= 4 is 27.3 Å². The fourth-order valence-electron chi connectivity index (χ4n) is 2.03. The molecule has 0 bridgehead atoms. The number of piperazine rings is 1. The molecular weight excluding hydrogens is 288 g/mol. The van der Waals surface area contributed by atoms with Gasteiger partial charge < -0.3 is 10.0 Å². The maximum Gasteiger partial charge on any atom is 0.0702 e. The van der Waals surface area contributed by atoms with Gasteiger partial charge in [-0.1, -0.05) is 0 Å². The lowest BCUT2D eigenvalue weighted by atomic mass is 10.2. The van der Waals surface area contributed by atoms with Crippen LogP contribution in [0.25, 0.3) is 0 Å². The highest BCUT2D eigenvalue weighted by atomic mass is 79.9. The molecule has 2 rings (SSSR count). The second-order valence-corrected chi connectivity index (χ2v) is 6.67. The highest BCUT2D eigenvalue weighted by Crippen LogP contribution is 2.30. The zero-order valence-electron chi connectivity index (χ0n) is 9.40. The van der Waals surface area contributed by atoms with Gasteiger partial charge in [0.1, 0.15) is 0 Å². The number of halogens is 1. The predicted molar refractivity (Wildman–Crippen MR) is 70.9 cm³/mol. The number of nitrogens with zero attached hydrogens (tertiary/aromatic N) is 2. The Morgan fingerprint density at radius 1 is 1.38 bits per heavy atom. The first-order valence-corrected chi connectivity index (χ1v) is 7.10. The molecule has 0 aromatic carbocycles. The molecule has 0 spiro atoms. The van der Waals surface area contributed by atoms with Crippen LogP contribution >= 0.6 is 27.3 Å². The van der Waals surface area contributed by atoms with Crippen molar-refractivity contribution in [3.63, 3.8) is 0 Å². The van der Waals surface area contributed by atoms with Gasteiger partial charge in [-0.05, 0) is 35.1 Å². The van der Waals surface area contributed by atoms with Crippen LogP contribution in [0, 0.1) is 0 Å². The maximum absolute atomic E-state index is 9.54. The van der Waals surface area contributed by atoms with Crippen LogP contribution in [0.5, 0.6) is 0 Å². The Kier molecular flexibility index (Phi) is 4.38. The van der Waals surface area contributed by atoms with Gasteiger partial charge >= 0.3 is 0 Å². The number of likely N-dealkylation sites (N-methyl/N-ethyl adjacent to an activating group) is 1. The molecule has 0 amide bonds. The summed E-state index contributed by atoms with van der Waals surface area (Å²) in [5, 5.41) is 9.54. The topological polar surface area (TPSA) is 26.7 Å². The number of rotatable bonds is 3. The van der Waals surface area contributed by atoms with Gasteiger partial charge in [-0.3, -0.25) is 4.90 Å². The molecule has 0 radical (unpaired) electrons. The van der Waals surface area contributed by atoms with Crippen molar-refractivity contribution in [2.75, 3.05) is 39.8 Å². The molecule has 1 N–H and O–H groups in total. The fourth-order valence-corrected chi connectivity index (χ4v) is 3.58. The summed E-state index contributed by atoms with van der Waals surface area (Å²) in [5.41, 5.74) is 0. The minimum absolute atomic E-state index is 0.171. The third-order valence-corrected chi connectivity index (χ3v) is 4.80. The van der Waals surface area contributed by atoms with Crippen LogP contribution < -0.4 is 0 Å². The highest BCUT2D eigenvalue weighted by Gasteiger charge is 2.24. The van der Waals surface area contributed by atoms with Gasteiger partial charge in [0.15, 0.2) is 0 Å². The minimum atomic E-state index is 0.171. The number of thiophene rings is 1. The lowest BCUT2D eigenvalue weighted by molar-refractivity contribution is 0.0765. The Bertz CT molecular complexity index is 336. The largest absolute Gasteiger partial charge is 0.394 e. The Morgan fingerprint density at radius 2 is 2.06 bits per heavy atom. The van der Waals surface area contributed by atoms with E-state index in [4.69, 9.17) is 0 Å². The number of aliphatic hydroxyl groups is 1. The molecule has 1 unspecified atom stereocenters. The molecule has 2 heterocycles. The van der Waals surface area contributed by atoms with Crippen LogP contribution in [0.3, 0.4) is 0 Å². The summed E-state index contributed by atoms with van der Waals surface area (Å²) in [6.45, 7) is 4.46. The number of hydrogen-bond donors (Lipinski definition) is 1. The summed E-state index contributed by atoms with van der Waals surface area (Å²) >= 11 is 5.19. The molecule has 1 saturated heterocycles.